The molecular formula is C21H31O2P. The predicted molar refractivity (Wildman–Crippen MR) is 104 cm³/mol. The zero-order chi connectivity index (χ0) is 17.1. The molecule has 0 spiro atoms. The molecule has 2 aliphatic carbocycles. The van der Waals surface area contributed by atoms with Crippen molar-refractivity contribution >= 4 is 14.5 Å². The summed E-state index contributed by atoms with van der Waals surface area (Å²) in [6.45, 7) is 3.96. The third kappa shape index (κ3) is 3.64. The predicted octanol–water partition coefficient (Wildman–Crippen LogP) is 5.17. The Labute approximate surface area is 148 Å². The maximum absolute atomic E-state index is 9.90. The first kappa shape index (κ1) is 17.8. The van der Waals surface area contributed by atoms with E-state index in [0.717, 1.165) is 28.8 Å². The number of allylic oxidation sites excluding steroid dienone is 1. The number of methoxy groups -OCH3 is 1. The van der Waals surface area contributed by atoms with Crippen LogP contribution in [0.2, 0.25) is 0 Å². The third-order valence-electron chi connectivity index (χ3n) is 6.44. The van der Waals surface area contributed by atoms with Crippen LogP contribution in [0.15, 0.2) is 24.8 Å². The fourth-order valence-corrected chi connectivity index (χ4v) is 5.29. The number of phenolic OH excluding ortho intramolecular Hbond substituents is 1. The number of rotatable bonds is 4. The quantitative estimate of drug-likeness (QED) is 0.602. The van der Waals surface area contributed by atoms with Gasteiger partial charge in [0, 0.05) is 0 Å². The molecule has 1 aromatic carbocycles. The number of aromatic hydroxyl groups is 1. The minimum atomic E-state index is 0.299. The first-order chi connectivity index (χ1) is 11.6. The van der Waals surface area contributed by atoms with Gasteiger partial charge in [0.05, 0.1) is 12.4 Å². The van der Waals surface area contributed by atoms with Crippen LogP contribution < -0.4 is 10.0 Å². The van der Waals surface area contributed by atoms with E-state index in [1.54, 1.807) is 7.11 Å². The van der Waals surface area contributed by atoms with Gasteiger partial charge in [0.2, 0.25) is 0 Å². The van der Waals surface area contributed by atoms with Crippen molar-refractivity contribution in [3.63, 3.8) is 0 Å². The molecule has 0 aliphatic heterocycles. The molecule has 0 heterocycles. The van der Waals surface area contributed by atoms with Crippen molar-refractivity contribution in [1.29, 1.82) is 0 Å². The highest BCUT2D eigenvalue weighted by Gasteiger charge is 2.31. The molecule has 2 aliphatic rings. The van der Waals surface area contributed by atoms with Gasteiger partial charge in [0.25, 0.3) is 0 Å². The fraction of sp³-hybridized carbons (Fsp3) is 0.619. The smallest absolute Gasteiger partial charge is 0.133 e. The molecule has 3 heteroatoms. The first-order valence-electron chi connectivity index (χ1n) is 9.41. The Bertz CT molecular complexity index is 567. The van der Waals surface area contributed by atoms with Gasteiger partial charge in [-0.05, 0) is 86.7 Å². The van der Waals surface area contributed by atoms with Crippen molar-refractivity contribution in [2.75, 3.05) is 7.11 Å². The molecule has 2 nitrogen and oxygen atoms in total. The summed E-state index contributed by atoms with van der Waals surface area (Å²) in [5, 5.41) is 10.7. The van der Waals surface area contributed by atoms with Crippen LogP contribution in [0.4, 0.5) is 0 Å². The molecule has 1 N–H and O–H groups in total. The summed E-state index contributed by atoms with van der Waals surface area (Å²) in [5.41, 5.74) is 1.27. The first-order valence-corrected chi connectivity index (χ1v) is 9.99. The van der Waals surface area contributed by atoms with Crippen LogP contribution in [0.25, 0.3) is 0 Å². The monoisotopic (exact) mass is 346 g/mol. The number of ether oxygens (including phenoxy) is 1. The lowest BCUT2D eigenvalue weighted by Gasteiger charge is -2.37. The summed E-state index contributed by atoms with van der Waals surface area (Å²) in [5.74, 6) is 4.33. The molecule has 2 saturated carbocycles. The Kier molecular flexibility index (Phi) is 5.87. The summed E-state index contributed by atoms with van der Waals surface area (Å²) in [6.07, 6.45) is 12.8. The SMILES string of the molecule is C=CC1CCC(C2CCC(c3ccc(O)c(P)c3OC)CC2)CC1. The molecule has 0 bridgehead atoms. The zero-order valence-electron chi connectivity index (χ0n) is 14.8. The molecule has 3 rings (SSSR count). The van der Waals surface area contributed by atoms with Crippen LogP contribution in [-0.4, -0.2) is 12.2 Å². The maximum atomic E-state index is 9.90. The minimum Gasteiger partial charge on any atom is -0.507 e. The molecule has 24 heavy (non-hydrogen) atoms. The normalized spacial score (nSPS) is 30.8. The van der Waals surface area contributed by atoms with Crippen molar-refractivity contribution in [3.8, 4) is 11.5 Å². The van der Waals surface area contributed by atoms with E-state index in [4.69, 9.17) is 4.74 Å². The van der Waals surface area contributed by atoms with Gasteiger partial charge in [-0.2, -0.15) is 0 Å². The van der Waals surface area contributed by atoms with Crippen LogP contribution in [-0.2, 0) is 0 Å². The lowest BCUT2D eigenvalue weighted by Crippen LogP contribution is -2.25. The zero-order valence-corrected chi connectivity index (χ0v) is 16.0. The van der Waals surface area contributed by atoms with E-state index in [-0.39, 0.29) is 0 Å². The highest BCUT2D eigenvalue weighted by molar-refractivity contribution is 7.28. The lowest BCUT2D eigenvalue weighted by atomic mass is 9.68. The van der Waals surface area contributed by atoms with Crippen molar-refractivity contribution < 1.29 is 9.84 Å². The van der Waals surface area contributed by atoms with E-state index in [2.05, 4.69) is 28.0 Å². The van der Waals surface area contributed by atoms with Gasteiger partial charge in [-0.3, -0.25) is 0 Å². The third-order valence-corrected chi connectivity index (χ3v) is 6.99. The summed E-state index contributed by atoms with van der Waals surface area (Å²) in [4.78, 5) is 0. The molecule has 132 valence electrons. The standard InChI is InChI=1S/C21H31O2P/c1-3-14-4-6-15(7-5-14)16-8-10-17(11-9-16)18-12-13-19(22)21(24)20(18)23-2/h3,12-17,22H,1,4-11,24H2,2H3. The van der Waals surface area contributed by atoms with E-state index >= 15 is 0 Å². The molecule has 1 atom stereocenters. The molecule has 0 amide bonds. The Balaban J connectivity index is 1.62. The van der Waals surface area contributed by atoms with Crippen LogP contribution in [0.5, 0.6) is 11.5 Å². The number of phenols is 1. The number of hydrogen-bond acceptors (Lipinski definition) is 2. The molecule has 2 fully saturated rings. The van der Waals surface area contributed by atoms with Gasteiger partial charge in [-0.1, -0.05) is 21.4 Å². The highest BCUT2D eigenvalue weighted by atomic mass is 31.0. The molecule has 1 unspecified atom stereocenters. The van der Waals surface area contributed by atoms with E-state index in [9.17, 15) is 5.11 Å². The Morgan fingerprint density at radius 3 is 2.17 bits per heavy atom. The number of hydrogen-bond donors (Lipinski definition) is 1. The van der Waals surface area contributed by atoms with Gasteiger partial charge in [-0.15, -0.1) is 6.58 Å². The van der Waals surface area contributed by atoms with Gasteiger partial charge in [0.15, 0.2) is 0 Å². The van der Waals surface area contributed by atoms with Gasteiger partial charge < -0.3 is 9.84 Å². The second-order valence-corrected chi connectivity index (χ2v) is 8.22. The molecule has 0 aromatic heterocycles. The van der Waals surface area contributed by atoms with E-state index in [0.29, 0.717) is 11.7 Å². The van der Waals surface area contributed by atoms with Crippen LogP contribution in [0.3, 0.4) is 0 Å². The molecule has 1 aromatic rings. The van der Waals surface area contributed by atoms with Crippen LogP contribution in [0, 0.1) is 17.8 Å². The fourth-order valence-electron chi connectivity index (χ4n) is 4.91. The summed E-state index contributed by atoms with van der Waals surface area (Å²) in [7, 11) is 4.32. The Morgan fingerprint density at radius 2 is 1.62 bits per heavy atom. The lowest BCUT2D eigenvalue weighted by molar-refractivity contribution is 0.171. The molecule has 0 saturated heterocycles. The minimum absolute atomic E-state index is 0.299. The largest absolute Gasteiger partial charge is 0.507 e. The van der Waals surface area contributed by atoms with Crippen LogP contribution in [0.1, 0.15) is 62.8 Å². The Morgan fingerprint density at radius 1 is 1.04 bits per heavy atom. The number of benzene rings is 1. The highest BCUT2D eigenvalue weighted by Crippen LogP contribution is 2.45. The van der Waals surface area contributed by atoms with E-state index in [1.165, 1.54) is 56.9 Å². The van der Waals surface area contributed by atoms with Crippen molar-refractivity contribution in [2.45, 2.75) is 57.3 Å². The molecule has 0 radical (unpaired) electrons. The van der Waals surface area contributed by atoms with Gasteiger partial charge in [-0.25, -0.2) is 0 Å². The summed E-state index contributed by atoms with van der Waals surface area (Å²) >= 11 is 0. The topological polar surface area (TPSA) is 29.5 Å². The summed E-state index contributed by atoms with van der Waals surface area (Å²) < 4.78 is 5.59. The van der Waals surface area contributed by atoms with Gasteiger partial charge >= 0.3 is 0 Å². The maximum Gasteiger partial charge on any atom is 0.133 e. The second kappa shape index (κ2) is 7.91. The second-order valence-electron chi connectivity index (χ2n) is 7.64. The van der Waals surface area contributed by atoms with E-state index in [1.807, 2.05) is 6.07 Å². The Hall–Kier alpha value is -1.01. The van der Waals surface area contributed by atoms with E-state index < -0.39 is 0 Å². The van der Waals surface area contributed by atoms with Crippen molar-refractivity contribution in [3.05, 3.63) is 30.4 Å². The van der Waals surface area contributed by atoms with Gasteiger partial charge in [0.1, 0.15) is 11.5 Å². The van der Waals surface area contributed by atoms with Crippen molar-refractivity contribution in [2.24, 2.45) is 17.8 Å². The van der Waals surface area contributed by atoms with Crippen molar-refractivity contribution in [1.82, 2.24) is 0 Å². The summed E-state index contributed by atoms with van der Waals surface area (Å²) in [6, 6.07) is 3.87. The van der Waals surface area contributed by atoms with Crippen LogP contribution >= 0.6 is 9.24 Å². The average Bonchev–Trinajstić information content (AvgIpc) is 2.64. The molecular weight excluding hydrogens is 315 g/mol. The average molecular weight is 346 g/mol.